The van der Waals surface area contributed by atoms with Crippen LogP contribution in [0, 0.1) is 12.7 Å². The number of nitrogens with zero attached hydrogens (tertiary/aromatic N) is 1. The highest BCUT2D eigenvalue weighted by Crippen LogP contribution is 2.50. The van der Waals surface area contributed by atoms with Crippen LogP contribution in [-0.2, 0) is 25.7 Å². The number of likely N-dealkylation sites (tertiary alicyclic amines) is 1. The third-order valence-electron chi connectivity index (χ3n) is 7.19. The Bertz CT molecular complexity index is 1110. The number of rotatable bonds is 9. The van der Waals surface area contributed by atoms with Gasteiger partial charge in [-0.2, -0.15) is 0 Å². The second-order valence-electron chi connectivity index (χ2n) is 9.46. The van der Waals surface area contributed by atoms with Gasteiger partial charge in [0.1, 0.15) is 12.4 Å². The van der Waals surface area contributed by atoms with Crippen LogP contribution in [0.4, 0.5) is 10.1 Å². The van der Waals surface area contributed by atoms with E-state index in [1.165, 1.54) is 6.07 Å². The molecule has 2 aromatic rings. The number of amides is 1. The predicted molar refractivity (Wildman–Crippen MR) is 128 cm³/mol. The summed E-state index contributed by atoms with van der Waals surface area (Å²) in [6.07, 6.45) is 3.12. The summed E-state index contributed by atoms with van der Waals surface area (Å²) in [4.78, 5) is 39.0. The molecule has 2 fully saturated rings. The van der Waals surface area contributed by atoms with E-state index in [2.05, 4.69) is 5.32 Å². The maximum Gasteiger partial charge on any atom is 0.362 e. The summed E-state index contributed by atoms with van der Waals surface area (Å²) in [5, 5.41) is 2.91. The molecule has 0 radical (unpaired) electrons. The van der Waals surface area contributed by atoms with Gasteiger partial charge in [0.25, 0.3) is 5.91 Å². The molecule has 1 heterocycles. The van der Waals surface area contributed by atoms with Crippen LogP contribution in [0.2, 0.25) is 0 Å². The number of benzene rings is 2. The van der Waals surface area contributed by atoms with Crippen molar-refractivity contribution < 1.29 is 32.7 Å². The lowest BCUT2D eigenvalue weighted by molar-refractivity contribution is -0.934. The number of ether oxygens (including phenoxy) is 2. The first kappa shape index (κ1) is 24.9. The largest absolute Gasteiger partial charge is 0.462 e. The Kier molecular flexibility index (Phi) is 7.21. The average molecular weight is 484 g/mol. The smallest absolute Gasteiger partial charge is 0.362 e. The molecule has 0 spiro atoms. The minimum absolute atomic E-state index is 0.0104. The van der Waals surface area contributed by atoms with E-state index in [0.717, 1.165) is 24.5 Å². The van der Waals surface area contributed by atoms with Crippen molar-refractivity contribution >= 4 is 23.5 Å². The van der Waals surface area contributed by atoms with Gasteiger partial charge >= 0.3 is 11.9 Å². The summed E-state index contributed by atoms with van der Waals surface area (Å²) < 4.78 is 25.0. The zero-order valence-corrected chi connectivity index (χ0v) is 20.3. The quantitative estimate of drug-likeness (QED) is 0.428. The lowest BCUT2D eigenvalue weighted by atomic mass is 10.1. The number of esters is 2. The molecular formula is C27H32FN2O5+. The van der Waals surface area contributed by atoms with Crippen molar-refractivity contribution in [1.29, 1.82) is 0 Å². The third-order valence-corrected chi connectivity index (χ3v) is 7.19. The first-order valence-electron chi connectivity index (χ1n) is 12.1. The van der Waals surface area contributed by atoms with E-state index >= 15 is 0 Å². The van der Waals surface area contributed by atoms with E-state index in [-0.39, 0.29) is 42.9 Å². The minimum atomic E-state index is -0.769. The zero-order chi connectivity index (χ0) is 25.1. The lowest BCUT2D eigenvalue weighted by Gasteiger charge is -2.40. The van der Waals surface area contributed by atoms with E-state index in [1.807, 2.05) is 30.3 Å². The Morgan fingerprint density at radius 2 is 1.74 bits per heavy atom. The van der Waals surface area contributed by atoms with Gasteiger partial charge in [0, 0.05) is 25.7 Å². The maximum atomic E-state index is 14.1. The molecule has 0 bridgehead atoms. The van der Waals surface area contributed by atoms with Crippen molar-refractivity contribution in [3.05, 3.63) is 65.0 Å². The number of hydrogen-bond donors (Lipinski definition) is 1. The van der Waals surface area contributed by atoms with Crippen LogP contribution in [0.5, 0.6) is 0 Å². The summed E-state index contributed by atoms with van der Waals surface area (Å²) in [7, 11) is 0. The maximum absolute atomic E-state index is 14.1. The van der Waals surface area contributed by atoms with Gasteiger partial charge in [-0.1, -0.05) is 30.3 Å². The Labute approximate surface area is 204 Å². The second kappa shape index (κ2) is 10.2. The van der Waals surface area contributed by atoms with Crippen LogP contribution >= 0.6 is 0 Å². The van der Waals surface area contributed by atoms with Crippen molar-refractivity contribution in [3.63, 3.8) is 0 Å². The van der Waals surface area contributed by atoms with E-state index in [1.54, 1.807) is 13.8 Å². The summed E-state index contributed by atoms with van der Waals surface area (Å²) in [5.74, 6) is -1.85. The fourth-order valence-corrected chi connectivity index (χ4v) is 5.25. The molecule has 1 amide bonds. The van der Waals surface area contributed by atoms with Crippen LogP contribution in [0.3, 0.4) is 0 Å². The molecule has 0 atom stereocenters. The fraction of sp³-hybridized carbons (Fsp3) is 0.444. The van der Waals surface area contributed by atoms with E-state index < -0.39 is 17.3 Å². The van der Waals surface area contributed by atoms with Crippen molar-refractivity contribution in [2.75, 3.05) is 31.6 Å². The van der Waals surface area contributed by atoms with Gasteiger partial charge in [0.15, 0.2) is 12.1 Å². The highest BCUT2D eigenvalue weighted by Gasteiger charge is 2.67. The van der Waals surface area contributed by atoms with E-state index in [0.29, 0.717) is 36.0 Å². The molecule has 1 aliphatic heterocycles. The first-order chi connectivity index (χ1) is 16.8. The predicted octanol–water partition coefficient (Wildman–Crippen LogP) is 4.14. The van der Waals surface area contributed by atoms with E-state index in [9.17, 15) is 18.8 Å². The molecule has 7 nitrogen and oxygen atoms in total. The molecule has 4 rings (SSSR count). The number of quaternary nitrogens is 1. The number of anilines is 1. The van der Waals surface area contributed by atoms with Crippen LogP contribution in [0.15, 0.2) is 42.5 Å². The molecule has 0 unspecified atom stereocenters. The molecular weight excluding hydrogens is 451 g/mol. The molecule has 186 valence electrons. The van der Waals surface area contributed by atoms with Crippen molar-refractivity contribution in [2.24, 2.45) is 0 Å². The normalized spacial score (nSPS) is 17.5. The summed E-state index contributed by atoms with van der Waals surface area (Å²) in [5.41, 5.74) is 0.821. The summed E-state index contributed by atoms with van der Waals surface area (Å²) in [6.45, 7) is 5.17. The van der Waals surface area contributed by atoms with E-state index in [4.69, 9.17) is 9.47 Å². The number of hydrogen-bond acceptors (Lipinski definition) is 5. The highest BCUT2D eigenvalue weighted by atomic mass is 19.1. The van der Waals surface area contributed by atoms with Gasteiger partial charge in [-0.25, -0.2) is 14.0 Å². The van der Waals surface area contributed by atoms with Crippen molar-refractivity contribution in [3.8, 4) is 0 Å². The van der Waals surface area contributed by atoms with Crippen LogP contribution < -0.4 is 5.32 Å². The van der Waals surface area contributed by atoms with Gasteiger partial charge < -0.3 is 19.3 Å². The van der Waals surface area contributed by atoms with Gasteiger partial charge in [0.05, 0.1) is 30.9 Å². The molecule has 2 aromatic carbocycles. The minimum Gasteiger partial charge on any atom is -0.462 e. The van der Waals surface area contributed by atoms with Gasteiger partial charge in [-0.3, -0.25) is 4.79 Å². The highest BCUT2D eigenvalue weighted by molar-refractivity contribution is 6.05. The Morgan fingerprint density at radius 3 is 2.37 bits per heavy atom. The standard InChI is InChI=1S/C27H31FN2O5/c1-3-34-25(32)22-16-21(28)15-19(2)24(22)29-26(33)27(11-12-27)30(13-7-8-14-30)17-23(31)35-18-20-9-5-4-6-10-20/h4-6,9-10,15-16H,3,7-8,11-14,17-18H2,1-2H3/p+1. The molecule has 1 saturated heterocycles. The number of halogens is 1. The van der Waals surface area contributed by atoms with Gasteiger partial charge in [-0.15, -0.1) is 0 Å². The monoisotopic (exact) mass is 483 g/mol. The van der Waals surface area contributed by atoms with Crippen LogP contribution in [-0.4, -0.2) is 54.1 Å². The third kappa shape index (κ3) is 5.07. The Hall–Kier alpha value is -3.26. The molecule has 2 aliphatic rings. The van der Waals surface area contributed by atoms with Crippen LogP contribution in [0.1, 0.15) is 54.1 Å². The summed E-state index contributed by atoms with van der Waals surface area (Å²) >= 11 is 0. The molecule has 1 N–H and O–H groups in total. The van der Waals surface area contributed by atoms with Crippen LogP contribution in [0.25, 0.3) is 0 Å². The number of carbonyl (C=O) groups excluding carboxylic acids is 3. The van der Waals surface area contributed by atoms with Crippen molar-refractivity contribution in [1.82, 2.24) is 0 Å². The Morgan fingerprint density at radius 1 is 1.06 bits per heavy atom. The number of carbonyl (C=O) groups is 3. The van der Waals surface area contributed by atoms with Gasteiger partial charge in [0.2, 0.25) is 0 Å². The topological polar surface area (TPSA) is 81.7 Å². The molecule has 1 aliphatic carbocycles. The van der Waals surface area contributed by atoms with Crippen molar-refractivity contribution in [2.45, 2.75) is 51.7 Å². The molecule has 0 aromatic heterocycles. The fourth-order valence-electron chi connectivity index (χ4n) is 5.25. The first-order valence-corrected chi connectivity index (χ1v) is 12.1. The molecule has 1 saturated carbocycles. The zero-order valence-electron chi connectivity index (χ0n) is 20.3. The average Bonchev–Trinajstić information content (AvgIpc) is 3.53. The Balaban J connectivity index is 1.53. The second-order valence-corrected chi connectivity index (χ2v) is 9.46. The van der Waals surface area contributed by atoms with Gasteiger partial charge in [-0.05, 0) is 37.1 Å². The number of nitrogens with one attached hydrogen (secondary N) is 1. The SMILES string of the molecule is CCOC(=O)c1cc(F)cc(C)c1NC(=O)C1([N+]2(CC(=O)OCc3ccccc3)CCCC2)CC1. The number of aryl methyl sites for hydroxylation is 1. The lowest BCUT2D eigenvalue weighted by Crippen LogP contribution is -2.62. The molecule has 35 heavy (non-hydrogen) atoms. The molecule has 8 heteroatoms. The summed E-state index contributed by atoms with van der Waals surface area (Å²) in [6, 6.07) is 11.8.